The molecule has 0 aromatic heterocycles. The van der Waals surface area contributed by atoms with Gasteiger partial charge in [-0.15, -0.1) is 0 Å². The molecular weight excluding hydrogens is 464 g/mol. The molecule has 2 aromatic carbocycles. The van der Waals surface area contributed by atoms with E-state index in [4.69, 9.17) is 0 Å². The second-order valence-corrected chi connectivity index (χ2v) is 10.7. The number of carbonyl (C=O) groups is 1. The van der Waals surface area contributed by atoms with Gasteiger partial charge in [0.15, 0.2) is 0 Å². The molecule has 2 unspecified atom stereocenters. The van der Waals surface area contributed by atoms with Crippen LogP contribution in [0.3, 0.4) is 0 Å². The van der Waals surface area contributed by atoms with Crippen LogP contribution in [0.25, 0.3) is 0 Å². The summed E-state index contributed by atoms with van der Waals surface area (Å²) in [6, 6.07) is 11.5. The molecule has 196 valence electrons. The number of aliphatic hydroxyl groups excluding tert-OH is 1. The predicted molar refractivity (Wildman–Crippen MR) is 136 cm³/mol. The van der Waals surface area contributed by atoms with Crippen molar-refractivity contribution in [2.75, 3.05) is 13.6 Å². The Morgan fingerprint density at radius 2 is 1.75 bits per heavy atom. The van der Waals surface area contributed by atoms with Crippen LogP contribution in [-0.4, -0.2) is 41.6 Å². The molecule has 6 nitrogen and oxygen atoms in total. The smallest absolute Gasteiger partial charge is 0.225 e. The molecule has 1 aliphatic rings. The molecule has 8 heteroatoms. The fraction of sp³-hybridized carbons (Fsp3) is 0.500. The molecule has 4 N–H and O–H groups in total. The van der Waals surface area contributed by atoms with Gasteiger partial charge >= 0.3 is 0 Å². The molecule has 0 bridgehead atoms. The molecule has 36 heavy (non-hydrogen) atoms. The average molecular weight is 502 g/mol. The summed E-state index contributed by atoms with van der Waals surface area (Å²) >= 11 is 0. The molecule has 1 amide bonds. The lowest BCUT2D eigenvalue weighted by Gasteiger charge is -2.41. The zero-order chi connectivity index (χ0) is 26.5. The fourth-order valence-corrected chi connectivity index (χ4v) is 4.93. The van der Waals surface area contributed by atoms with Crippen molar-refractivity contribution in [2.45, 2.75) is 69.9 Å². The molecule has 0 aliphatic heterocycles. The van der Waals surface area contributed by atoms with E-state index in [0.717, 1.165) is 17.3 Å². The number of carbonyl (C=O) groups excluding carboxylic acids is 1. The third-order valence-electron chi connectivity index (χ3n) is 7.18. The minimum Gasteiger partial charge on any atom is -0.411 e. The number of nitrogens with zero attached hydrogens (tertiary/aromatic N) is 1. The van der Waals surface area contributed by atoms with Gasteiger partial charge in [-0.2, -0.15) is 0 Å². The van der Waals surface area contributed by atoms with Crippen LogP contribution in [0.5, 0.6) is 0 Å². The summed E-state index contributed by atoms with van der Waals surface area (Å²) in [6.07, 6.45) is 1.40. The lowest BCUT2D eigenvalue weighted by molar-refractivity contribution is -0.128. The molecule has 1 aliphatic carbocycles. The minimum atomic E-state index is -1.10. The lowest BCUT2D eigenvalue weighted by atomic mass is 9.74. The topological polar surface area (TPSA) is 94.0 Å². The predicted octanol–water partition coefficient (Wildman–Crippen LogP) is 4.42. The monoisotopic (exact) mass is 501 g/mol. The average Bonchev–Trinajstić information content (AvgIpc) is 2.84. The van der Waals surface area contributed by atoms with Gasteiger partial charge in [-0.1, -0.05) is 50.2 Å². The molecule has 2 aromatic rings. The summed E-state index contributed by atoms with van der Waals surface area (Å²) in [5.41, 5.74) is 2.75. The number of nitrogens with one attached hydrogen (secondary N) is 2. The number of hydrogen-bond acceptors (Lipinski definition) is 5. The van der Waals surface area contributed by atoms with Crippen LogP contribution in [0, 0.1) is 17.6 Å². The number of amides is 1. The van der Waals surface area contributed by atoms with Gasteiger partial charge in [-0.3, -0.25) is 4.79 Å². The molecular formula is C28H37F2N3O3. The lowest BCUT2D eigenvalue weighted by Crippen LogP contribution is -2.51. The second kappa shape index (κ2) is 11.5. The zero-order valence-electron chi connectivity index (χ0n) is 21.4. The van der Waals surface area contributed by atoms with Crippen molar-refractivity contribution in [3.05, 3.63) is 70.8 Å². The van der Waals surface area contributed by atoms with Gasteiger partial charge < -0.3 is 20.9 Å². The van der Waals surface area contributed by atoms with E-state index in [0.29, 0.717) is 31.2 Å². The van der Waals surface area contributed by atoms with Crippen molar-refractivity contribution in [3.8, 4) is 0 Å². The molecule has 0 spiro atoms. The Morgan fingerprint density at radius 3 is 2.31 bits per heavy atom. The van der Waals surface area contributed by atoms with Gasteiger partial charge in [-0.25, -0.2) is 8.78 Å². The molecule has 1 fully saturated rings. The third kappa shape index (κ3) is 6.68. The Labute approximate surface area is 211 Å². The summed E-state index contributed by atoms with van der Waals surface area (Å²) in [5, 5.41) is 29.9. The van der Waals surface area contributed by atoms with Gasteiger partial charge in [0, 0.05) is 25.2 Å². The summed E-state index contributed by atoms with van der Waals surface area (Å²) in [7, 11) is 1.47. The van der Waals surface area contributed by atoms with Gasteiger partial charge in [0.1, 0.15) is 11.6 Å². The van der Waals surface area contributed by atoms with Crippen LogP contribution in [0.1, 0.15) is 63.1 Å². The second-order valence-electron chi connectivity index (χ2n) is 10.7. The number of rotatable bonds is 8. The van der Waals surface area contributed by atoms with E-state index in [1.807, 2.05) is 6.07 Å². The van der Waals surface area contributed by atoms with Crippen LogP contribution in [0.2, 0.25) is 0 Å². The van der Waals surface area contributed by atoms with E-state index in [-0.39, 0.29) is 18.4 Å². The maximum atomic E-state index is 13.7. The van der Waals surface area contributed by atoms with E-state index in [1.54, 1.807) is 0 Å². The molecule has 2 atom stereocenters. The van der Waals surface area contributed by atoms with Crippen molar-refractivity contribution >= 4 is 11.6 Å². The molecule has 3 rings (SSSR count). The molecule has 1 saturated carbocycles. The quantitative estimate of drug-likeness (QED) is 0.318. The van der Waals surface area contributed by atoms with Crippen LogP contribution in [-0.2, 0) is 22.2 Å². The Bertz CT molecular complexity index is 1070. The number of oxime groups is 1. The molecule has 0 saturated heterocycles. The van der Waals surface area contributed by atoms with Crippen LogP contribution in [0.15, 0.2) is 47.6 Å². The van der Waals surface area contributed by atoms with E-state index in [1.165, 1.54) is 24.7 Å². The fourth-order valence-electron chi connectivity index (χ4n) is 4.93. The largest absolute Gasteiger partial charge is 0.411 e. The van der Waals surface area contributed by atoms with Crippen LogP contribution in [0.4, 0.5) is 8.78 Å². The van der Waals surface area contributed by atoms with Gasteiger partial charge in [0.2, 0.25) is 5.91 Å². The third-order valence-corrected chi connectivity index (χ3v) is 7.18. The summed E-state index contributed by atoms with van der Waals surface area (Å²) in [6.45, 7) is 6.55. The molecule has 0 heterocycles. The Morgan fingerprint density at radius 1 is 1.11 bits per heavy atom. The maximum Gasteiger partial charge on any atom is 0.225 e. The van der Waals surface area contributed by atoms with E-state index < -0.39 is 35.1 Å². The highest BCUT2D eigenvalue weighted by atomic mass is 19.1. The van der Waals surface area contributed by atoms with Crippen LogP contribution >= 0.6 is 0 Å². The SMILES string of the molecule is CNC(=O)C(Cc1cc(F)cc(F)c1)C(O)CNC1(c2cccc(C(C)(C)C)c2)CCC(=NO)CC1. The van der Waals surface area contributed by atoms with E-state index in [2.05, 4.69) is 54.8 Å². The first kappa shape index (κ1) is 27.7. The van der Waals surface area contributed by atoms with Crippen molar-refractivity contribution < 1.29 is 23.9 Å². The summed E-state index contributed by atoms with van der Waals surface area (Å²) in [4.78, 5) is 12.6. The Kier molecular flexibility index (Phi) is 8.84. The van der Waals surface area contributed by atoms with Crippen molar-refractivity contribution in [3.63, 3.8) is 0 Å². The van der Waals surface area contributed by atoms with Gasteiger partial charge in [0.05, 0.1) is 17.7 Å². The number of benzene rings is 2. The first-order valence-corrected chi connectivity index (χ1v) is 12.4. The zero-order valence-corrected chi connectivity index (χ0v) is 21.4. The van der Waals surface area contributed by atoms with Gasteiger partial charge in [-0.05, 0) is 66.3 Å². The Hall–Kier alpha value is -2.84. The molecule has 0 radical (unpaired) electrons. The highest BCUT2D eigenvalue weighted by molar-refractivity contribution is 5.85. The van der Waals surface area contributed by atoms with Gasteiger partial charge in [0.25, 0.3) is 0 Å². The van der Waals surface area contributed by atoms with E-state index >= 15 is 0 Å². The van der Waals surface area contributed by atoms with Crippen LogP contribution < -0.4 is 10.6 Å². The normalized spacial score (nSPS) is 20.0. The highest BCUT2D eigenvalue weighted by Crippen LogP contribution is 2.38. The number of halogens is 2. The summed E-state index contributed by atoms with van der Waals surface area (Å²) in [5.74, 6) is -2.76. The number of hydrogen-bond donors (Lipinski definition) is 4. The standard InChI is InChI=1S/C28H37F2N3O3/c1-27(2,3)19-6-5-7-20(15-19)28(10-8-23(33-36)9-11-28)32-17-25(34)24(26(35)31-4)14-18-12-21(29)16-22(30)13-18/h5-7,12-13,15-16,24-25,32,34,36H,8-11,14,17H2,1-4H3,(H,31,35). The van der Waals surface area contributed by atoms with Crippen molar-refractivity contribution in [2.24, 2.45) is 11.1 Å². The van der Waals surface area contributed by atoms with Crippen molar-refractivity contribution in [1.29, 1.82) is 0 Å². The maximum absolute atomic E-state index is 13.7. The minimum absolute atomic E-state index is 0.00890. The van der Waals surface area contributed by atoms with E-state index in [9.17, 15) is 23.9 Å². The highest BCUT2D eigenvalue weighted by Gasteiger charge is 2.38. The Balaban J connectivity index is 1.86. The first-order chi connectivity index (χ1) is 17.0. The number of aliphatic hydroxyl groups is 1. The summed E-state index contributed by atoms with van der Waals surface area (Å²) < 4.78 is 27.5. The van der Waals surface area contributed by atoms with Crippen molar-refractivity contribution in [1.82, 2.24) is 10.6 Å². The first-order valence-electron chi connectivity index (χ1n) is 12.4.